The predicted octanol–water partition coefficient (Wildman–Crippen LogP) is 0.826. The molecule has 0 fully saturated rings. The van der Waals surface area contributed by atoms with Crippen molar-refractivity contribution < 1.29 is 9.59 Å². The molecule has 2 aliphatic heterocycles. The number of benzene rings is 1. The number of nitrogens with one attached hydrogen (secondary N) is 2. The Labute approximate surface area is 164 Å². The van der Waals surface area contributed by atoms with Crippen LogP contribution in [0.2, 0.25) is 0 Å². The second kappa shape index (κ2) is 7.71. The van der Waals surface area contributed by atoms with Crippen molar-refractivity contribution in [3.8, 4) is 0 Å². The monoisotopic (exact) mass is 382 g/mol. The van der Waals surface area contributed by atoms with Gasteiger partial charge in [0.15, 0.2) is 5.82 Å². The highest BCUT2D eigenvalue weighted by Gasteiger charge is 2.33. The van der Waals surface area contributed by atoms with Crippen molar-refractivity contribution in [1.29, 1.82) is 0 Å². The van der Waals surface area contributed by atoms with Gasteiger partial charge in [-0.1, -0.05) is 32.0 Å². The van der Waals surface area contributed by atoms with Crippen LogP contribution in [0.25, 0.3) is 0 Å². The first kappa shape index (κ1) is 18.6. The van der Waals surface area contributed by atoms with Crippen LogP contribution in [0.4, 0.5) is 5.69 Å². The smallest absolute Gasteiger partial charge is 0.316 e. The van der Waals surface area contributed by atoms with E-state index in [1.54, 1.807) is 4.90 Å². The molecule has 2 aliphatic rings. The summed E-state index contributed by atoms with van der Waals surface area (Å²) >= 11 is 0. The standard InChI is InChI=1S/C20H26N6O2/c1-13(2)17(18-24-23-16-7-9-21-10-12-26(16)18)22-19(27)20(28)25-11-8-14-5-3-4-6-15(14)25/h3-6,13,17,21H,7-12H2,1-2H3,(H,22,27)/t17-/m0/s1. The quantitative estimate of drug-likeness (QED) is 0.767. The molecule has 4 rings (SSSR count). The molecule has 1 aromatic carbocycles. The fourth-order valence-electron chi connectivity index (χ4n) is 3.93. The minimum absolute atomic E-state index is 0.0760. The van der Waals surface area contributed by atoms with E-state index in [4.69, 9.17) is 0 Å². The van der Waals surface area contributed by atoms with E-state index < -0.39 is 11.8 Å². The average Bonchev–Trinajstić information content (AvgIpc) is 3.22. The molecule has 0 saturated carbocycles. The lowest BCUT2D eigenvalue weighted by molar-refractivity contribution is -0.138. The summed E-state index contributed by atoms with van der Waals surface area (Å²) in [5.74, 6) is 0.593. The highest BCUT2D eigenvalue weighted by atomic mass is 16.2. The van der Waals surface area contributed by atoms with Gasteiger partial charge in [-0.3, -0.25) is 9.59 Å². The molecule has 0 aliphatic carbocycles. The molecule has 8 heteroatoms. The molecule has 2 amide bonds. The van der Waals surface area contributed by atoms with Crippen LogP contribution in [0.5, 0.6) is 0 Å². The zero-order chi connectivity index (χ0) is 19.7. The third kappa shape index (κ3) is 3.40. The van der Waals surface area contributed by atoms with Crippen molar-refractivity contribution >= 4 is 17.5 Å². The van der Waals surface area contributed by atoms with Crippen LogP contribution in [-0.2, 0) is 29.0 Å². The van der Waals surface area contributed by atoms with Gasteiger partial charge in [-0.05, 0) is 24.0 Å². The number of fused-ring (bicyclic) bond motifs is 2. The molecule has 1 aromatic heterocycles. The maximum absolute atomic E-state index is 12.8. The van der Waals surface area contributed by atoms with Crippen LogP contribution < -0.4 is 15.5 Å². The van der Waals surface area contributed by atoms with Crippen LogP contribution in [0, 0.1) is 5.92 Å². The normalized spacial score (nSPS) is 17.0. The summed E-state index contributed by atoms with van der Waals surface area (Å²) in [7, 11) is 0. The minimum atomic E-state index is -0.598. The summed E-state index contributed by atoms with van der Waals surface area (Å²) in [5, 5.41) is 14.9. The SMILES string of the molecule is CC(C)[C@H](NC(=O)C(=O)N1CCc2ccccc21)c1nnc2n1CCNCC2. The van der Waals surface area contributed by atoms with Gasteiger partial charge in [-0.25, -0.2) is 0 Å². The summed E-state index contributed by atoms with van der Waals surface area (Å²) < 4.78 is 2.07. The third-order valence-corrected chi connectivity index (χ3v) is 5.45. The van der Waals surface area contributed by atoms with E-state index in [0.717, 1.165) is 55.4 Å². The summed E-state index contributed by atoms with van der Waals surface area (Å²) in [6.45, 7) is 7.01. The van der Waals surface area contributed by atoms with Crippen molar-refractivity contribution in [2.75, 3.05) is 24.5 Å². The minimum Gasteiger partial charge on any atom is -0.338 e. The highest BCUT2D eigenvalue weighted by molar-refractivity contribution is 6.40. The van der Waals surface area contributed by atoms with Crippen LogP contribution in [0.1, 0.15) is 37.1 Å². The van der Waals surface area contributed by atoms with Crippen molar-refractivity contribution in [1.82, 2.24) is 25.4 Å². The van der Waals surface area contributed by atoms with Crippen molar-refractivity contribution in [2.45, 2.75) is 39.3 Å². The number of para-hydroxylation sites is 1. The number of aromatic nitrogens is 3. The molecule has 0 spiro atoms. The zero-order valence-corrected chi connectivity index (χ0v) is 16.3. The first-order chi connectivity index (χ1) is 13.6. The van der Waals surface area contributed by atoms with E-state index >= 15 is 0 Å². The fourth-order valence-corrected chi connectivity index (χ4v) is 3.93. The molecule has 1 atom stereocenters. The lowest BCUT2D eigenvalue weighted by Gasteiger charge is -2.24. The Hall–Kier alpha value is -2.74. The number of anilines is 1. The Bertz CT molecular complexity index is 891. The summed E-state index contributed by atoms with van der Waals surface area (Å²) in [6, 6.07) is 7.36. The highest BCUT2D eigenvalue weighted by Crippen LogP contribution is 2.28. The van der Waals surface area contributed by atoms with E-state index in [2.05, 4.69) is 25.4 Å². The first-order valence-corrected chi connectivity index (χ1v) is 9.89. The molecule has 0 saturated heterocycles. The van der Waals surface area contributed by atoms with Gasteiger partial charge >= 0.3 is 11.8 Å². The fraction of sp³-hybridized carbons (Fsp3) is 0.500. The Morgan fingerprint density at radius 3 is 2.75 bits per heavy atom. The van der Waals surface area contributed by atoms with Crippen molar-refractivity contribution in [2.24, 2.45) is 5.92 Å². The Morgan fingerprint density at radius 2 is 1.93 bits per heavy atom. The van der Waals surface area contributed by atoms with Crippen molar-refractivity contribution in [3.05, 3.63) is 41.5 Å². The summed E-state index contributed by atoms with van der Waals surface area (Å²) in [5.41, 5.74) is 1.92. The molecule has 3 heterocycles. The van der Waals surface area contributed by atoms with E-state index in [1.807, 2.05) is 38.1 Å². The number of carbonyl (C=O) groups excluding carboxylic acids is 2. The van der Waals surface area contributed by atoms with E-state index in [9.17, 15) is 9.59 Å². The number of carbonyl (C=O) groups is 2. The molecular formula is C20H26N6O2. The van der Waals surface area contributed by atoms with Crippen LogP contribution in [-0.4, -0.2) is 46.2 Å². The van der Waals surface area contributed by atoms with Gasteiger partial charge in [0, 0.05) is 38.3 Å². The second-order valence-electron chi connectivity index (χ2n) is 7.66. The van der Waals surface area contributed by atoms with E-state index in [-0.39, 0.29) is 12.0 Å². The van der Waals surface area contributed by atoms with Crippen molar-refractivity contribution in [3.63, 3.8) is 0 Å². The van der Waals surface area contributed by atoms with Crippen LogP contribution in [0.3, 0.4) is 0 Å². The summed E-state index contributed by atoms with van der Waals surface area (Å²) in [4.78, 5) is 27.2. The molecular weight excluding hydrogens is 356 g/mol. The zero-order valence-electron chi connectivity index (χ0n) is 16.3. The van der Waals surface area contributed by atoms with Gasteiger partial charge in [-0.2, -0.15) is 0 Å². The van der Waals surface area contributed by atoms with Crippen LogP contribution in [0.15, 0.2) is 24.3 Å². The van der Waals surface area contributed by atoms with E-state index in [1.165, 1.54) is 0 Å². The second-order valence-corrected chi connectivity index (χ2v) is 7.66. The molecule has 8 nitrogen and oxygen atoms in total. The van der Waals surface area contributed by atoms with Gasteiger partial charge in [0.05, 0.1) is 6.04 Å². The van der Waals surface area contributed by atoms with Crippen LogP contribution >= 0.6 is 0 Å². The summed E-state index contributed by atoms with van der Waals surface area (Å²) in [6.07, 6.45) is 1.57. The molecule has 28 heavy (non-hydrogen) atoms. The number of hydrogen-bond donors (Lipinski definition) is 2. The number of nitrogens with zero attached hydrogens (tertiary/aromatic N) is 4. The number of rotatable bonds is 3. The Morgan fingerprint density at radius 1 is 1.11 bits per heavy atom. The van der Waals surface area contributed by atoms with Gasteiger partial charge in [0.1, 0.15) is 5.82 Å². The topological polar surface area (TPSA) is 92.2 Å². The molecule has 0 bridgehead atoms. The lowest BCUT2D eigenvalue weighted by atomic mass is 10.0. The van der Waals surface area contributed by atoms with Gasteiger partial charge in [-0.15, -0.1) is 10.2 Å². The maximum Gasteiger partial charge on any atom is 0.316 e. The molecule has 2 N–H and O–H groups in total. The maximum atomic E-state index is 12.8. The molecule has 0 radical (unpaired) electrons. The Balaban J connectivity index is 1.54. The average molecular weight is 382 g/mol. The first-order valence-electron chi connectivity index (χ1n) is 9.89. The molecule has 148 valence electrons. The van der Waals surface area contributed by atoms with Gasteiger partial charge in [0.2, 0.25) is 0 Å². The third-order valence-electron chi connectivity index (χ3n) is 5.45. The predicted molar refractivity (Wildman–Crippen MR) is 105 cm³/mol. The van der Waals surface area contributed by atoms with Gasteiger partial charge in [0.25, 0.3) is 0 Å². The largest absolute Gasteiger partial charge is 0.338 e. The number of hydrogen-bond acceptors (Lipinski definition) is 5. The molecule has 0 unspecified atom stereocenters. The lowest BCUT2D eigenvalue weighted by Crippen LogP contribution is -2.45. The van der Waals surface area contributed by atoms with Gasteiger partial charge < -0.3 is 20.1 Å². The Kier molecular flexibility index (Phi) is 5.13. The van der Waals surface area contributed by atoms with E-state index in [0.29, 0.717) is 6.54 Å². The number of amides is 2. The molecule has 2 aromatic rings.